The fraction of sp³-hybridized carbons (Fsp3) is 0.467. The molecule has 0 radical (unpaired) electrons. The molecule has 1 aliphatic rings. The molecule has 0 saturated heterocycles. The maximum absolute atomic E-state index is 12.3. The van der Waals surface area contributed by atoms with Crippen molar-refractivity contribution in [1.82, 2.24) is 4.90 Å². The van der Waals surface area contributed by atoms with Crippen molar-refractivity contribution in [1.29, 1.82) is 0 Å². The van der Waals surface area contributed by atoms with Crippen LogP contribution in [0.15, 0.2) is 18.2 Å². The summed E-state index contributed by atoms with van der Waals surface area (Å²) in [5.74, 6) is 0.270. The summed E-state index contributed by atoms with van der Waals surface area (Å²) in [6.07, 6.45) is -0.519. The van der Waals surface area contributed by atoms with Crippen molar-refractivity contribution in [3.8, 4) is 5.75 Å². The second-order valence-corrected chi connectivity index (χ2v) is 5.56. The van der Waals surface area contributed by atoms with Gasteiger partial charge in [-0.3, -0.25) is 9.59 Å². The van der Waals surface area contributed by atoms with E-state index in [4.69, 9.17) is 16.3 Å². The van der Waals surface area contributed by atoms with Crippen molar-refractivity contribution >= 4 is 29.0 Å². The van der Waals surface area contributed by atoms with E-state index in [2.05, 4.69) is 0 Å². The summed E-state index contributed by atoms with van der Waals surface area (Å²) in [5, 5.41) is 0. The topological polar surface area (TPSA) is 49.9 Å². The Balaban J connectivity index is 2.37. The van der Waals surface area contributed by atoms with Crippen molar-refractivity contribution in [2.24, 2.45) is 0 Å². The standard InChI is InChI=1S/C15H19ClN2O3/c1-10-15(20)18(7-6-17(2)3)12-8-11(13(19)9-16)4-5-14(12)21-10/h4-5,8,10H,6-7,9H2,1-3H3. The molecule has 6 heteroatoms. The van der Waals surface area contributed by atoms with Gasteiger partial charge in [-0.2, -0.15) is 0 Å². The summed E-state index contributed by atoms with van der Waals surface area (Å²) in [6, 6.07) is 5.08. The number of anilines is 1. The Bertz CT molecular complexity index is 560. The summed E-state index contributed by atoms with van der Waals surface area (Å²) < 4.78 is 5.60. The van der Waals surface area contributed by atoms with E-state index in [1.54, 1.807) is 30.0 Å². The minimum atomic E-state index is -0.519. The Hall–Kier alpha value is -1.59. The van der Waals surface area contributed by atoms with Crippen molar-refractivity contribution in [3.63, 3.8) is 0 Å². The maximum atomic E-state index is 12.3. The number of hydrogen-bond donors (Lipinski definition) is 0. The van der Waals surface area contributed by atoms with Gasteiger partial charge in [-0.15, -0.1) is 11.6 Å². The van der Waals surface area contributed by atoms with Crippen LogP contribution in [0.1, 0.15) is 17.3 Å². The molecule has 2 rings (SSSR count). The molecule has 0 aromatic heterocycles. The smallest absolute Gasteiger partial charge is 0.267 e. The fourth-order valence-electron chi connectivity index (χ4n) is 2.19. The molecule has 1 heterocycles. The molecular formula is C15H19ClN2O3. The van der Waals surface area contributed by atoms with Crippen LogP contribution in [0.5, 0.6) is 5.75 Å². The molecule has 1 aromatic carbocycles. The summed E-state index contributed by atoms with van der Waals surface area (Å²) in [5.41, 5.74) is 1.13. The zero-order valence-corrected chi connectivity index (χ0v) is 13.2. The van der Waals surface area contributed by atoms with Gasteiger partial charge in [-0.05, 0) is 39.2 Å². The molecule has 0 aliphatic carbocycles. The zero-order chi connectivity index (χ0) is 15.6. The summed E-state index contributed by atoms with van der Waals surface area (Å²) in [7, 11) is 3.89. The highest BCUT2D eigenvalue weighted by molar-refractivity contribution is 6.30. The molecule has 1 aliphatic heterocycles. The number of carbonyl (C=O) groups excluding carboxylic acids is 2. The lowest BCUT2D eigenvalue weighted by Gasteiger charge is -2.34. The molecule has 1 atom stereocenters. The monoisotopic (exact) mass is 310 g/mol. The maximum Gasteiger partial charge on any atom is 0.267 e. The van der Waals surface area contributed by atoms with Gasteiger partial charge in [0.05, 0.1) is 11.6 Å². The van der Waals surface area contributed by atoms with Gasteiger partial charge in [0.15, 0.2) is 11.9 Å². The summed E-state index contributed by atoms with van der Waals surface area (Å²) >= 11 is 5.59. The number of benzene rings is 1. The van der Waals surface area contributed by atoms with Gasteiger partial charge in [-0.25, -0.2) is 0 Å². The quantitative estimate of drug-likeness (QED) is 0.614. The van der Waals surface area contributed by atoms with E-state index in [1.165, 1.54) is 0 Å². The number of ether oxygens (including phenoxy) is 1. The van der Waals surface area contributed by atoms with E-state index >= 15 is 0 Å². The van der Waals surface area contributed by atoms with Crippen LogP contribution in [0.4, 0.5) is 5.69 Å². The molecular weight excluding hydrogens is 292 g/mol. The number of rotatable bonds is 5. The number of ketones is 1. The highest BCUT2D eigenvalue weighted by atomic mass is 35.5. The Kier molecular flexibility index (Phi) is 4.85. The Morgan fingerprint density at radius 3 is 2.76 bits per heavy atom. The zero-order valence-electron chi connectivity index (χ0n) is 12.4. The van der Waals surface area contributed by atoms with Crippen molar-refractivity contribution in [2.75, 3.05) is 38.0 Å². The molecule has 21 heavy (non-hydrogen) atoms. The molecule has 1 unspecified atom stereocenters. The highest BCUT2D eigenvalue weighted by Gasteiger charge is 2.31. The first kappa shape index (κ1) is 15.8. The van der Waals surface area contributed by atoms with E-state index < -0.39 is 6.10 Å². The largest absolute Gasteiger partial charge is 0.479 e. The van der Waals surface area contributed by atoms with Gasteiger partial charge >= 0.3 is 0 Å². The van der Waals surface area contributed by atoms with Crippen molar-refractivity contribution in [3.05, 3.63) is 23.8 Å². The molecule has 5 nitrogen and oxygen atoms in total. The molecule has 1 amide bonds. The second-order valence-electron chi connectivity index (χ2n) is 5.29. The predicted molar refractivity (Wildman–Crippen MR) is 82.5 cm³/mol. The number of halogens is 1. The third-order valence-electron chi connectivity index (χ3n) is 3.38. The number of hydrogen-bond acceptors (Lipinski definition) is 4. The van der Waals surface area contributed by atoms with Gasteiger partial charge in [0, 0.05) is 18.7 Å². The van der Waals surface area contributed by atoms with Crippen LogP contribution in [0.3, 0.4) is 0 Å². The van der Waals surface area contributed by atoms with E-state index in [1.807, 2.05) is 19.0 Å². The number of fused-ring (bicyclic) bond motifs is 1. The molecule has 0 spiro atoms. The lowest BCUT2D eigenvalue weighted by Crippen LogP contribution is -2.47. The molecule has 114 valence electrons. The first-order valence-corrected chi connectivity index (χ1v) is 7.33. The average Bonchev–Trinajstić information content (AvgIpc) is 2.46. The van der Waals surface area contributed by atoms with E-state index in [0.29, 0.717) is 23.5 Å². The van der Waals surface area contributed by atoms with Gasteiger partial charge in [0.2, 0.25) is 0 Å². The van der Waals surface area contributed by atoms with Crippen LogP contribution in [0.25, 0.3) is 0 Å². The molecule has 0 bridgehead atoms. The molecule has 0 fully saturated rings. The minimum Gasteiger partial charge on any atom is -0.479 e. The Labute approximate surface area is 129 Å². The molecule has 0 saturated carbocycles. The second kappa shape index (κ2) is 6.45. The Morgan fingerprint density at radius 2 is 2.14 bits per heavy atom. The van der Waals surface area contributed by atoms with E-state index in [-0.39, 0.29) is 17.6 Å². The molecule has 1 aromatic rings. The fourth-order valence-corrected chi connectivity index (χ4v) is 2.34. The SMILES string of the molecule is CC1Oc2ccc(C(=O)CCl)cc2N(CCN(C)C)C1=O. The Morgan fingerprint density at radius 1 is 1.43 bits per heavy atom. The van der Waals surface area contributed by atoms with E-state index in [9.17, 15) is 9.59 Å². The first-order chi connectivity index (χ1) is 9.93. The van der Waals surface area contributed by atoms with Gasteiger partial charge < -0.3 is 14.5 Å². The van der Waals surface area contributed by atoms with E-state index in [0.717, 1.165) is 6.54 Å². The molecule has 0 N–H and O–H groups in total. The number of amides is 1. The number of Topliss-reactive ketones (excluding diaryl/α,β-unsaturated/α-hetero) is 1. The van der Waals surface area contributed by atoms with Gasteiger partial charge in [0.25, 0.3) is 5.91 Å². The lowest BCUT2D eigenvalue weighted by atomic mass is 10.1. The lowest BCUT2D eigenvalue weighted by molar-refractivity contribution is -0.125. The summed E-state index contributed by atoms with van der Waals surface area (Å²) in [6.45, 7) is 3.00. The normalized spacial score (nSPS) is 17.7. The number of alkyl halides is 1. The van der Waals surface area contributed by atoms with Crippen LogP contribution in [-0.4, -0.2) is 55.8 Å². The van der Waals surface area contributed by atoms with Gasteiger partial charge in [0.1, 0.15) is 5.75 Å². The van der Waals surface area contributed by atoms with Crippen LogP contribution in [0, 0.1) is 0 Å². The van der Waals surface area contributed by atoms with Crippen LogP contribution < -0.4 is 9.64 Å². The third kappa shape index (κ3) is 3.36. The summed E-state index contributed by atoms with van der Waals surface area (Å²) in [4.78, 5) is 27.7. The number of carbonyl (C=O) groups is 2. The van der Waals surface area contributed by atoms with Crippen LogP contribution >= 0.6 is 11.6 Å². The number of nitrogens with zero attached hydrogens (tertiary/aromatic N) is 2. The highest BCUT2D eigenvalue weighted by Crippen LogP contribution is 2.35. The van der Waals surface area contributed by atoms with Crippen LogP contribution in [0.2, 0.25) is 0 Å². The van der Waals surface area contributed by atoms with Gasteiger partial charge in [-0.1, -0.05) is 0 Å². The first-order valence-electron chi connectivity index (χ1n) is 6.80. The third-order valence-corrected chi connectivity index (χ3v) is 3.62. The number of likely N-dealkylation sites (N-methyl/N-ethyl adjacent to an activating group) is 1. The predicted octanol–water partition coefficient (Wildman–Crippen LogP) is 1.78. The average molecular weight is 311 g/mol. The van der Waals surface area contributed by atoms with Crippen molar-refractivity contribution < 1.29 is 14.3 Å². The minimum absolute atomic E-state index is 0.0817. The van der Waals surface area contributed by atoms with Crippen LogP contribution in [-0.2, 0) is 4.79 Å². The van der Waals surface area contributed by atoms with Crippen molar-refractivity contribution in [2.45, 2.75) is 13.0 Å².